The minimum atomic E-state index is -4.06. The first kappa shape index (κ1) is 25.1. The third kappa shape index (κ3) is 6.06. The smallest absolute Gasteiger partial charge is 0.264 e. The summed E-state index contributed by atoms with van der Waals surface area (Å²) in [7, 11) is -4.06. The summed E-state index contributed by atoms with van der Waals surface area (Å²) in [5, 5.41) is 5.02. The molecular weight excluding hydrogens is 505 g/mol. The number of anilines is 1. The maximum Gasteiger partial charge on any atom is 0.264 e. The molecule has 0 aliphatic rings. The van der Waals surface area contributed by atoms with Gasteiger partial charge in [0.15, 0.2) is 0 Å². The van der Waals surface area contributed by atoms with Crippen LogP contribution in [0, 0.1) is 13.8 Å². The maximum atomic E-state index is 13.4. The number of carbonyl (C=O) groups excluding carboxylic acids is 1. The highest BCUT2D eigenvalue weighted by atomic mass is 35.5. The van der Waals surface area contributed by atoms with Crippen molar-refractivity contribution in [2.75, 3.05) is 10.8 Å². The fourth-order valence-corrected chi connectivity index (χ4v) is 4.90. The van der Waals surface area contributed by atoms with E-state index in [1.165, 1.54) is 18.3 Å². The average molecular weight is 525 g/mol. The number of carbonyl (C=O) groups is 1. The number of aryl methyl sites for hydroxylation is 1. The number of nitrogens with zero attached hydrogens (tertiary/aromatic N) is 2. The fraction of sp³-hybridized carbons (Fsp3) is 0.130. The number of hydrogen-bond acceptors (Lipinski definition) is 4. The summed E-state index contributed by atoms with van der Waals surface area (Å²) in [6, 6.07) is 16.1. The van der Waals surface area contributed by atoms with E-state index in [9.17, 15) is 13.2 Å². The molecular formula is C23H20Cl3N3O3S. The molecule has 172 valence electrons. The monoisotopic (exact) mass is 523 g/mol. The second-order valence-electron chi connectivity index (χ2n) is 7.18. The molecule has 0 heterocycles. The Kier molecular flexibility index (Phi) is 8.02. The van der Waals surface area contributed by atoms with Gasteiger partial charge in [0, 0.05) is 5.02 Å². The van der Waals surface area contributed by atoms with Crippen molar-refractivity contribution in [1.82, 2.24) is 5.43 Å². The Hall–Kier alpha value is -2.58. The predicted molar refractivity (Wildman–Crippen MR) is 134 cm³/mol. The molecule has 0 unspecified atom stereocenters. The number of nitrogens with one attached hydrogen (secondary N) is 1. The van der Waals surface area contributed by atoms with Crippen molar-refractivity contribution < 1.29 is 13.2 Å². The van der Waals surface area contributed by atoms with Crippen LogP contribution in [0.5, 0.6) is 0 Å². The predicted octanol–water partition coefficient (Wildman–Crippen LogP) is 5.61. The third-order valence-electron chi connectivity index (χ3n) is 4.75. The molecule has 0 aromatic heterocycles. The van der Waals surface area contributed by atoms with Crippen molar-refractivity contribution in [1.29, 1.82) is 0 Å². The Bertz CT molecular complexity index is 1310. The number of hydrazone groups is 1. The van der Waals surface area contributed by atoms with Gasteiger partial charge in [-0.1, -0.05) is 64.6 Å². The molecule has 0 radical (unpaired) electrons. The van der Waals surface area contributed by atoms with Gasteiger partial charge in [0.05, 0.1) is 26.8 Å². The Morgan fingerprint density at radius 3 is 2.33 bits per heavy atom. The van der Waals surface area contributed by atoms with Crippen molar-refractivity contribution in [3.63, 3.8) is 0 Å². The second kappa shape index (κ2) is 10.6. The van der Waals surface area contributed by atoms with Crippen molar-refractivity contribution in [3.05, 3.63) is 92.4 Å². The number of amides is 1. The molecule has 0 saturated heterocycles. The van der Waals surface area contributed by atoms with Crippen LogP contribution in [0.1, 0.15) is 16.7 Å². The van der Waals surface area contributed by atoms with Crippen LogP contribution < -0.4 is 9.73 Å². The lowest BCUT2D eigenvalue weighted by atomic mass is 10.2. The molecule has 0 aliphatic carbocycles. The van der Waals surface area contributed by atoms with Gasteiger partial charge in [0.2, 0.25) is 0 Å². The van der Waals surface area contributed by atoms with Crippen LogP contribution in [0.25, 0.3) is 0 Å². The van der Waals surface area contributed by atoms with Gasteiger partial charge >= 0.3 is 0 Å². The van der Waals surface area contributed by atoms with E-state index in [-0.39, 0.29) is 4.90 Å². The zero-order valence-electron chi connectivity index (χ0n) is 17.7. The van der Waals surface area contributed by atoms with Crippen molar-refractivity contribution in [3.8, 4) is 0 Å². The standard InChI is InChI=1S/C23H20Cl3N3O3S/c1-15-6-9-18(10-7-15)33(31,32)29(22-5-3-4-19(24)16(22)2)14-23(30)28-27-13-17-8-11-20(25)21(26)12-17/h3-13H,14H2,1-2H3,(H,28,30)/b27-13-. The number of sulfonamides is 1. The first-order valence-corrected chi connectivity index (χ1v) is 12.3. The third-order valence-corrected chi connectivity index (χ3v) is 7.67. The van der Waals surface area contributed by atoms with E-state index in [1.807, 2.05) is 6.92 Å². The van der Waals surface area contributed by atoms with E-state index < -0.39 is 22.5 Å². The van der Waals surface area contributed by atoms with Crippen molar-refractivity contribution in [2.24, 2.45) is 5.10 Å². The molecule has 0 spiro atoms. The number of benzene rings is 3. The highest BCUT2D eigenvalue weighted by molar-refractivity contribution is 7.92. The fourth-order valence-electron chi connectivity index (χ4n) is 2.94. The van der Waals surface area contributed by atoms with Gasteiger partial charge in [0.25, 0.3) is 15.9 Å². The molecule has 3 rings (SSSR count). The SMILES string of the molecule is Cc1ccc(S(=O)(=O)N(CC(=O)N/N=C\c2ccc(Cl)c(Cl)c2)c2cccc(Cl)c2C)cc1. The molecule has 0 fully saturated rings. The largest absolute Gasteiger partial charge is 0.271 e. The molecule has 0 bridgehead atoms. The molecule has 0 saturated carbocycles. The summed E-state index contributed by atoms with van der Waals surface area (Å²) in [5.74, 6) is -0.638. The van der Waals surface area contributed by atoms with Crippen LogP contribution in [0.15, 0.2) is 70.7 Å². The summed E-state index contributed by atoms with van der Waals surface area (Å²) in [6.45, 7) is 3.04. The van der Waals surface area contributed by atoms with Gasteiger partial charge in [-0.3, -0.25) is 9.10 Å². The zero-order chi connectivity index (χ0) is 24.2. The van der Waals surface area contributed by atoms with Crippen LogP contribution in [-0.4, -0.2) is 27.1 Å². The van der Waals surface area contributed by atoms with Crippen molar-refractivity contribution >= 4 is 62.6 Å². The van der Waals surface area contributed by atoms with Crippen LogP contribution in [0.3, 0.4) is 0 Å². The Labute approximate surface area is 207 Å². The van der Waals surface area contributed by atoms with E-state index in [1.54, 1.807) is 55.5 Å². The van der Waals surface area contributed by atoms with Crippen LogP contribution in [0.2, 0.25) is 15.1 Å². The van der Waals surface area contributed by atoms with E-state index in [2.05, 4.69) is 10.5 Å². The quantitative estimate of drug-likeness (QED) is 0.322. The lowest BCUT2D eigenvalue weighted by Crippen LogP contribution is -2.40. The number of hydrogen-bond donors (Lipinski definition) is 1. The molecule has 0 atom stereocenters. The number of rotatable bonds is 7. The van der Waals surface area contributed by atoms with Gasteiger partial charge in [0.1, 0.15) is 6.54 Å². The molecule has 1 amide bonds. The molecule has 6 nitrogen and oxygen atoms in total. The first-order valence-electron chi connectivity index (χ1n) is 9.71. The molecule has 1 N–H and O–H groups in total. The highest BCUT2D eigenvalue weighted by Crippen LogP contribution is 2.31. The van der Waals surface area contributed by atoms with Gasteiger partial charge in [-0.15, -0.1) is 0 Å². The van der Waals surface area contributed by atoms with Gasteiger partial charge in [-0.05, 0) is 61.4 Å². The summed E-state index contributed by atoms with van der Waals surface area (Å²) in [4.78, 5) is 12.7. The molecule has 3 aromatic rings. The molecule has 3 aromatic carbocycles. The van der Waals surface area contributed by atoms with Gasteiger partial charge < -0.3 is 0 Å². The molecule has 0 aliphatic heterocycles. The second-order valence-corrected chi connectivity index (χ2v) is 10.3. The Balaban J connectivity index is 1.88. The van der Waals surface area contributed by atoms with Crippen LogP contribution in [-0.2, 0) is 14.8 Å². The van der Waals surface area contributed by atoms with E-state index in [0.29, 0.717) is 31.9 Å². The van der Waals surface area contributed by atoms with Gasteiger partial charge in [-0.25, -0.2) is 13.8 Å². The summed E-state index contributed by atoms with van der Waals surface area (Å²) >= 11 is 18.1. The summed E-state index contributed by atoms with van der Waals surface area (Å²) in [6.07, 6.45) is 1.38. The minimum absolute atomic E-state index is 0.0552. The Morgan fingerprint density at radius 1 is 0.970 bits per heavy atom. The lowest BCUT2D eigenvalue weighted by Gasteiger charge is -2.25. The molecule has 10 heteroatoms. The summed E-state index contributed by atoms with van der Waals surface area (Å²) < 4.78 is 27.9. The zero-order valence-corrected chi connectivity index (χ0v) is 20.8. The van der Waals surface area contributed by atoms with E-state index in [0.717, 1.165) is 9.87 Å². The highest BCUT2D eigenvalue weighted by Gasteiger charge is 2.28. The Morgan fingerprint density at radius 2 is 1.67 bits per heavy atom. The molecule has 33 heavy (non-hydrogen) atoms. The van der Waals surface area contributed by atoms with E-state index >= 15 is 0 Å². The maximum absolute atomic E-state index is 13.4. The topological polar surface area (TPSA) is 78.8 Å². The van der Waals surface area contributed by atoms with Crippen LogP contribution in [0.4, 0.5) is 5.69 Å². The van der Waals surface area contributed by atoms with Crippen molar-refractivity contribution in [2.45, 2.75) is 18.7 Å². The summed E-state index contributed by atoms with van der Waals surface area (Å²) in [5.41, 5.74) is 4.70. The van der Waals surface area contributed by atoms with E-state index in [4.69, 9.17) is 34.8 Å². The normalized spacial score (nSPS) is 11.5. The number of halogens is 3. The minimum Gasteiger partial charge on any atom is -0.271 e. The average Bonchev–Trinajstić information content (AvgIpc) is 2.77. The first-order chi connectivity index (χ1) is 15.6. The van der Waals surface area contributed by atoms with Crippen LogP contribution >= 0.6 is 34.8 Å². The lowest BCUT2D eigenvalue weighted by molar-refractivity contribution is -0.119. The van der Waals surface area contributed by atoms with Gasteiger partial charge in [-0.2, -0.15) is 5.10 Å².